The van der Waals surface area contributed by atoms with Crippen LogP contribution in [0.15, 0.2) is 18.3 Å². The molecule has 1 aromatic rings. The van der Waals surface area contributed by atoms with Gasteiger partial charge < -0.3 is 14.8 Å². The molecule has 1 N–H and O–H groups in total. The Morgan fingerprint density at radius 1 is 1.42 bits per heavy atom. The summed E-state index contributed by atoms with van der Waals surface area (Å²) in [5.74, 6) is 1.61. The number of pyridine rings is 1. The Morgan fingerprint density at radius 3 is 3.05 bits per heavy atom. The van der Waals surface area contributed by atoms with Gasteiger partial charge in [-0.05, 0) is 31.2 Å². The summed E-state index contributed by atoms with van der Waals surface area (Å²) in [5.41, 5.74) is 1.14. The molecule has 2 rings (SSSR count). The molecule has 0 atom stereocenters. The minimum absolute atomic E-state index is 0.636. The number of ether oxygens (including phenoxy) is 2. The number of aromatic nitrogens is 1. The van der Waals surface area contributed by atoms with Gasteiger partial charge in [-0.1, -0.05) is 13.0 Å². The Balaban J connectivity index is 1.77. The first-order chi connectivity index (χ1) is 9.40. The second-order valence-electron chi connectivity index (χ2n) is 5.01. The molecule has 4 heteroatoms. The van der Waals surface area contributed by atoms with Gasteiger partial charge in [-0.3, -0.25) is 0 Å². The SMILES string of the molecule is CCCNc1ncccc1COCC1CCOCC1. The normalized spacial score (nSPS) is 16.5. The van der Waals surface area contributed by atoms with Crippen LogP contribution in [-0.4, -0.2) is 31.3 Å². The van der Waals surface area contributed by atoms with Gasteiger partial charge in [0.25, 0.3) is 0 Å². The molecule has 0 aliphatic carbocycles. The lowest BCUT2D eigenvalue weighted by Crippen LogP contribution is -2.20. The van der Waals surface area contributed by atoms with E-state index in [9.17, 15) is 0 Å². The van der Waals surface area contributed by atoms with E-state index >= 15 is 0 Å². The maximum Gasteiger partial charge on any atom is 0.131 e. The van der Waals surface area contributed by atoms with Gasteiger partial charge >= 0.3 is 0 Å². The van der Waals surface area contributed by atoms with Crippen LogP contribution in [0.1, 0.15) is 31.7 Å². The molecule has 1 saturated heterocycles. The van der Waals surface area contributed by atoms with E-state index in [1.54, 1.807) is 0 Å². The van der Waals surface area contributed by atoms with E-state index < -0.39 is 0 Å². The molecule has 1 aromatic heterocycles. The highest BCUT2D eigenvalue weighted by Gasteiger charge is 2.14. The van der Waals surface area contributed by atoms with Crippen LogP contribution >= 0.6 is 0 Å². The number of hydrogen-bond donors (Lipinski definition) is 1. The van der Waals surface area contributed by atoms with Crippen LogP contribution in [0.5, 0.6) is 0 Å². The van der Waals surface area contributed by atoms with Crippen molar-refractivity contribution in [2.75, 3.05) is 31.7 Å². The highest BCUT2D eigenvalue weighted by molar-refractivity contribution is 5.43. The summed E-state index contributed by atoms with van der Waals surface area (Å²) < 4.78 is 11.2. The average Bonchev–Trinajstić information content (AvgIpc) is 2.47. The number of hydrogen-bond acceptors (Lipinski definition) is 4. The molecule has 1 fully saturated rings. The molecule has 0 aromatic carbocycles. The minimum Gasteiger partial charge on any atom is -0.381 e. The van der Waals surface area contributed by atoms with Crippen LogP contribution < -0.4 is 5.32 Å². The molecule has 19 heavy (non-hydrogen) atoms. The van der Waals surface area contributed by atoms with E-state index in [4.69, 9.17) is 9.47 Å². The van der Waals surface area contributed by atoms with Crippen LogP contribution in [0.25, 0.3) is 0 Å². The van der Waals surface area contributed by atoms with Crippen molar-refractivity contribution >= 4 is 5.82 Å². The molecule has 4 nitrogen and oxygen atoms in total. The average molecular weight is 264 g/mol. The summed E-state index contributed by atoms with van der Waals surface area (Å²) in [6.45, 7) is 6.32. The molecule has 1 aliphatic rings. The number of anilines is 1. The molecule has 106 valence electrons. The molecular weight excluding hydrogens is 240 g/mol. The van der Waals surface area contributed by atoms with Crippen molar-refractivity contribution in [1.82, 2.24) is 4.98 Å². The zero-order chi connectivity index (χ0) is 13.3. The first-order valence-corrected chi connectivity index (χ1v) is 7.23. The lowest BCUT2D eigenvalue weighted by Gasteiger charge is -2.22. The van der Waals surface area contributed by atoms with E-state index in [1.807, 2.05) is 12.3 Å². The molecule has 0 amide bonds. The largest absolute Gasteiger partial charge is 0.381 e. The Bertz CT molecular complexity index is 365. The summed E-state index contributed by atoms with van der Waals surface area (Å²) in [6, 6.07) is 4.04. The first-order valence-electron chi connectivity index (χ1n) is 7.23. The standard InChI is InChI=1S/C15H24N2O2/c1-2-7-16-15-14(4-3-8-17-15)12-19-11-13-5-9-18-10-6-13/h3-4,8,13H,2,5-7,9-12H2,1H3,(H,16,17). The summed E-state index contributed by atoms with van der Waals surface area (Å²) in [6.07, 6.45) is 5.15. The Kier molecular flexibility index (Phi) is 6.11. The lowest BCUT2D eigenvalue weighted by atomic mass is 10.0. The highest BCUT2D eigenvalue weighted by atomic mass is 16.5. The van der Waals surface area contributed by atoms with Crippen LogP contribution in [0.4, 0.5) is 5.82 Å². The molecule has 0 saturated carbocycles. The van der Waals surface area contributed by atoms with Crippen LogP contribution in [0, 0.1) is 5.92 Å². The highest BCUT2D eigenvalue weighted by Crippen LogP contribution is 2.17. The quantitative estimate of drug-likeness (QED) is 0.822. The molecule has 0 unspecified atom stereocenters. The van der Waals surface area contributed by atoms with Crippen molar-refractivity contribution in [3.63, 3.8) is 0 Å². The van der Waals surface area contributed by atoms with Gasteiger partial charge in [-0.2, -0.15) is 0 Å². The molecule has 0 spiro atoms. The van der Waals surface area contributed by atoms with Gasteiger partial charge in [0.1, 0.15) is 5.82 Å². The summed E-state index contributed by atoms with van der Waals surface area (Å²) >= 11 is 0. The monoisotopic (exact) mass is 264 g/mol. The predicted molar refractivity (Wildman–Crippen MR) is 76.2 cm³/mol. The molecule has 0 bridgehead atoms. The Labute approximate surface area is 115 Å². The number of nitrogens with one attached hydrogen (secondary N) is 1. The second kappa shape index (κ2) is 8.12. The zero-order valence-electron chi connectivity index (χ0n) is 11.7. The topological polar surface area (TPSA) is 43.4 Å². The Hall–Kier alpha value is -1.13. The van der Waals surface area contributed by atoms with E-state index in [0.717, 1.165) is 57.0 Å². The van der Waals surface area contributed by atoms with Gasteiger partial charge in [-0.15, -0.1) is 0 Å². The summed E-state index contributed by atoms with van der Waals surface area (Å²) in [7, 11) is 0. The van der Waals surface area contributed by atoms with Gasteiger partial charge in [-0.25, -0.2) is 4.98 Å². The van der Waals surface area contributed by atoms with Crippen LogP contribution in [0.2, 0.25) is 0 Å². The van der Waals surface area contributed by atoms with Gasteiger partial charge in [0.05, 0.1) is 13.2 Å². The van der Waals surface area contributed by atoms with Crippen molar-refractivity contribution in [2.24, 2.45) is 5.92 Å². The Morgan fingerprint density at radius 2 is 2.26 bits per heavy atom. The van der Waals surface area contributed by atoms with E-state index in [-0.39, 0.29) is 0 Å². The fourth-order valence-corrected chi connectivity index (χ4v) is 2.21. The van der Waals surface area contributed by atoms with Crippen molar-refractivity contribution < 1.29 is 9.47 Å². The van der Waals surface area contributed by atoms with E-state index in [2.05, 4.69) is 23.3 Å². The predicted octanol–water partition coefficient (Wildman–Crippen LogP) is 2.85. The third-order valence-electron chi connectivity index (χ3n) is 3.39. The smallest absolute Gasteiger partial charge is 0.131 e. The maximum absolute atomic E-state index is 5.84. The first kappa shape index (κ1) is 14.3. The molecular formula is C15H24N2O2. The third kappa shape index (κ3) is 4.80. The van der Waals surface area contributed by atoms with E-state index in [1.165, 1.54) is 0 Å². The summed E-state index contributed by atoms with van der Waals surface area (Å²) in [5, 5.41) is 3.34. The zero-order valence-corrected chi connectivity index (χ0v) is 11.7. The van der Waals surface area contributed by atoms with Crippen molar-refractivity contribution in [3.05, 3.63) is 23.9 Å². The van der Waals surface area contributed by atoms with Crippen molar-refractivity contribution in [3.8, 4) is 0 Å². The molecule has 1 aliphatic heterocycles. The minimum atomic E-state index is 0.636. The molecule has 0 radical (unpaired) electrons. The third-order valence-corrected chi connectivity index (χ3v) is 3.39. The summed E-state index contributed by atoms with van der Waals surface area (Å²) in [4.78, 5) is 4.37. The second-order valence-corrected chi connectivity index (χ2v) is 5.01. The van der Waals surface area contributed by atoms with E-state index in [0.29, 0.717) is 12.5 Å². The maximum atomic E-state index is 5.84. The van der Waals surface area contributed by atoms with Gasteiger partial charge in [0.15, 0.2) is 0 Å². The lowest BCUT2D eigenvalue weighted by molar-refractivity contribution is 0.0158. The van der Waals surface area contributed by atoms with Crippen LogP contribution in [-0.2, 0) is 16.1 Å². The fraction of sp³-hybridized carbons (Fsp3) is 0.667. The van der Waals surface area contributed by atoms with Crippen LogP contribution in [0.3, 0.4) is 0 Å². The van der Waals surface area contributed by atoms with Gasteiger partial charge in [0.2, 0.25) is 0 Å². The van der Waals surface area contributed by atoms with Gasteiger partial charge in [0, 0.05) is 31.5 Å². The molecule has 2 heterocycles. The fourth-order valence-electron chi connectivity index (χ4n) is 2.21. The number of rotatable bonds is 7. The van der Waals surface area contributed by atoms with Crippen molar-refractivity contribution in [1.29, 1.82) is 0 Å². The number of nitrogens with zero attached hydrogens (tertiary/aromatic N) is 1. The van der Waals surface area contributed by atoms with Crippen molar-refractivity contribution in [2.45, 2.75) is 32.8 Å².